The molecule has 0 aromatic heterocycles. The quantitative estimate of drug-likeness (QED) is 0.937. The van der Waals surface area contributed by atoms with Crippen LogP contribution in [0.2, 0.25) is 0 Å². The fraction of sp³-hybridized carbons (Fsp3) is 0.0714. The van der Waals surface area contributed by atoms with Crippen LogP contribution < -0.4 is 4.74 Å². The molecule has 0 aliphatic heterocycles. The van der Waals surface area contributed by atoms with Gasteiger partial charge in [-0.15, -0.1) is 0 Å². The number of rotatable bonds is 3. The Bertz CT molecular complexity index is 684. The van der Waals surface area contributed by atoms with E-state index in [1.807, 2.05) is 0 Å². The summed E-state index contributed by atoms with van der Waals surface area (Å²) in [6.45, 7) is 0. The number of ether oxygens (including phenoxy) is 1. The lowest BCUT2D eigenvalue weighted by atomic mass is 10.0. The Morgan fingerprint density at radius 1 is 1.10 bits per heavy atom. The minimum absolute atomic E-state index is 0.150. The van der Waals surface area contributed by atoms with Crippen molar-refractivity contribution in [3.63, 3.8) is 0 Å². The van der Waals surface area contributed by atoms with E-state index in [1.165, 1.54) is 25.3 Å². The van der Waals surface area contributed by atoms with Crippen LogP contribution in [0.4, 0.5) is 13.2 Å². The first-order valence-electron chi connectivity index (χ1n) is 5.51. The van der Waals surface area contributed by atoms with E-state index in [0.717, 1.165) is 6.07 Å². The molecule has 1 N–H and O–H groups in total. The third-order valence-corrected chi connectivity index (χ3v) is 2.75. The summed E-state index contributed by atoms with van der Waals surface area (Å²) in [6, 6.07) is 5.33. The molecule has 0 unspecified atom stereocenters. The summed E-state index contributed by atoms with van der Waals surface area (Å²) in [5, 5.41) is 8.83. The van der Waals surface area contributed by atoms with Crippen LogP contribution in [0.5, 0.6) is 5.75 Å². The largest absolute Gasteiger partial charge is 0.494 e. The molecule has 0 aliphatic rings. The number of carboxylic acid groups (broad SMARTS) is 1. The number of aromatic carboxylic acids is 1. The van der Waals surface area contributed by atoms with E-state index in [4.69, 9.17) is 9.84 Å². The molecular weight excluding hydrogens is 273 g/mol. The molecule has 0 saturated heterocycles. The van der Waals surface area contributed by atoms with Crippen LogP contribution in [0.25, 0.3) is 11.1 Å². The number of carbonyl (C=O) groups is 1. The number of carboxylic acids is 1. The Hall–Kier alpha value is -2.50. The van der Waals surface area contributed by atoms with E-state index in [2.05, 4.69) is 0 Å². The zero-order valence-electron chi connectivity index (χ0n) is 10.3. The number of hydrogen-bond acceptors (Lipinski definition) is 2. The van der Waals surface area contributed by atoms with Gasteiger partial charge in [-0.05, 0) is 18.2 Å². The predicted octanol–water partition coefficient (Wildman–Crippen LogP) is 3.48. The molecular formula is C14H9F3O3. The minimum Gasteiger partial charge on any atom is -0.494 e. The SMILES string of the molecule is COc1cccc(-c2cc(C(=O)O)cc(F)c2F)c1F. The number of halogens is 3. The Balaban J connectivity index is 2.72. The zero-order chi connectivity index (χ0) is 14.9. The lowest BCUT2D eigenvalue weighted by Gasteiger charge is -2.10. The summed E-state index contributed by atoms with van der Waals surface area (Å²) in [5.41, 5.74) is -1.22. The van der Waals surface area contributed by atoms with Crippen molar-refractivity contribution in [3.8, 4) is 16.9 Å². The van der Waals surface area contributed by atoms with Gasteiger partial charge < -0.3 is 9.84 Å². The molecule has 104 valence electrons. The van der Waals surface area contributed by atoms with Gasteiger partial charge in [-0.2, -0.15) is 0 Å². The fourth-order valence-corrected chi connectivity index (χ4v) is 1.78. The summed E-state index contributed by atoms with van der Waals surface area (Å²) in [7, 11) is 1.23. The van der Waals surface area contributed by atoms with Crippen LogP contribution >= 0.6 is 0 Å². The van der Waals surface area contributed by atoms with Crippen LogP contribution in [-0.2, 0) is 0 Å². The Morgan fingerprint density at radius 3 is 2.40 bits per heavy atom. The molecule has 0 radical (unpaired) electrons. The van der Waals surface area contributed by atoms with Gasteiger partial charge >= 0.3 is 5.97 Å². The monoisotopic (exact) mass is 282 g/mol. The molecule has 0 amide bonds. The van der Waals surface area contributed by atoms with Crippen molar-refractivity contribution in [2.24, 2.45) is 0 Å². The molecule has 6 heteroatoms. The van der Waals surface area contributed by atoms with Crippen LogP contribution in [0.3, 0.4) is 0 Å². The molecule has 0 spiro atoms. The van der Waals surface area contributed by atoms with Gasteiger partial charge in [0.15, 0.2) is 23.2 Å². The Kier molecular flexibility index (Phi) is 3.65. The molecule has 0 saturated carbocycles. The predicted molar refractivity (Wildman–Crippen MR) is 65.3 cm³/mol. The van der Waals surface area contributed by atoms with Gasteiger partial charge in [0.05, 0.1) is 12.7 Å². The topological polar surface area (TPSA) is 46.5 Å². The van der Waals surface area contributed by atoms with Crippen molar-refractivity contribution >= 4 is 5.97 Å². The maximum Gasteiger partial charge on any atom is 0.335 e. The first-order valence-corrected chi connectivity index (χ1v) is 5.51. The van der Waals surface area contributed by atoms with Crippen molar-refractivity contribution in [2.75, 3.05) is 7.11 Å². The number of benzene rings is 2. The second-order valence-corrected chi connectivity index (χ2v) is 3.95. The van der Waals surface area contributed by atoms with E-state index in [0.29, 0.717) is 6.07 Å². The van der Waals surface area contributed by atoms with Gasteiger partial charge in [0.2, 0.25) is 0 Å². The molecule has 2 aromatic carbocycles. The van der Waals surface area contributed by atoms with Crippen molar-refractivity contribution in [2.45, 2.75) is 0 Å². The van der Waals surface area contributed by atoms with E-state index < -0.39 is 34.5 Å². The van der Waals surface area contributed by atoms with Gasteiger partial charge in [-0.3, -0.25) is 0 Å². The zero-order valence-corrected chi connectivity index (χ0v) is 10.3. The highest BCUT2D eigenvalue weighted by atomic mass is 19.2. The van der Waals surface area contributed by atoms with E-state index >= 15 is 0 Å². The van der Waals surface area contributed by atoms with Gasteiger partial charge in [0.25, 0.3) is 0 Å². The Labute approximate surface area is 112 Å². The van der Waals surface area contributed by atoms with E-state index in [1.54, 1.807) is 0 Å². The molecule has 0 heterocycles. The normalized spacial score (nSPS) is 10.4. The first-order chi connectivity index (χ1) is 9.45. The highest BCUT2D eigenvalue weighted by Crippen LogP contribution is 2.32. The lowest BCUT2D eigenvalue weighted by Crippen LogP contribution is -2.02. The first kappa shape index (κ1) is 13.9. The second kappa shape index (κ2) is 5.24. The van der Waals surface area contributed by atoms with E-state index in [-0.39, 0.29) is 11.3 Å². The molecule has 0 aliphatic carbocycles. The number of hydrogen-bond donors (Lipinski definition) is 1. The smallest absolute Gasteiger partial charge is 0.335 e. The third-order valence-electron chi connectivity index (χ3n) is 2.75. The molecule has 3 nitrogen and oxygen atoms in total. The van der Waals surface area contributed by atoms with Crippen molar-refractivity contribution in [3.05, 3.63) is 53.3 Å². The highest BCUT2D eigenvalue weighted by molar-refractivity contribution is 5.89. The number of methoxy groups -OCH3 is 1. The van der Waals surface area contributed by atoms with Gasteiger partial charge in [-0.1, -0.05) is 12.1 Å². The molecule has 2 aromatic rings. The fourth-order valence-electron chi connectivity index (χ4n) is 1.78. The van der Waals surface area contributed by atoms with Crippen LogP contribution in [0, 0.1) is 17.5 Å². The van der Waals surface area contributed by atoms with Crippen molar-refractivity contribution in [1.82, 2.24) is 0 Å². The average Bonchev–Trinajstić information content (AvgIpc) is 2.42. The average molecular weight is 282 g/mol. The van der Waals surface area contributed by atoms with Gasteiger partial charge in [0, 0.05) is 11.1 Å². The van der Waals surface area contributed by atoms with Crippen molar-refractivity contribution < 1.29 is 27.8 Å². The maximum atomic E-state index is 14.0. The summed E-state index contributed by atoms with van der Waals surface area (Å²) in [5.74, 6) is -5.16. The second-order valence-electron chi connectivity index (χ2n) is 3.95. The van der Waals surface area contributed by atoms with Crippen LogP contribution in [-0.4, -0.2) is 18.2 Å². The molecule has 0 bridgehead atoms. The third kappa shape index (κ3) is 2.32. The molecule has 0 fully saturated rings. The van der Waals surface area contributed by atoms with Gasteiger partial charge in [-0.25, -0.2) is 18.0 Å². The summed E-state index contributed by atoms with van der Waals surface area (Å²) in [6.07, 6.45) is 0. The Morgan fingerprint density at radius 2 is 1.80 bits per heavy atom. The molecule has 20 heavy (non-hydrogen) atoms. The highest BCUT2D eigenvalue weighted by Gasteiger charge is 2.19. The lowest BCUT2D eigenvalue weighted by molar-refractivity contribution is 0.0696. The van der Waals surface area contributed by atoms with E-state index in [9.17, 15) is 18.0 Å². The van der Waals surface area contributed by atoms with Gasteiger partial charge in [0.1, 0.15) is 0 Å². The summed E-state index contributed by atoms with van der Waals surface area (Å²) < 4.78 is 46.0. The van der Waals surface area contributed by atoms with Crippen LogP contribution in [0.1, 0.15) is 10.4 Å². The standard InChI is InChI=1S/C14H9F3O3/c1-20-11-4-2-3-8(13(11)17)9-5-7(14(18)19)6-10(15)12(9)16/h2-6H,1H3,(H,18,19). The minimum atomic E-state index is -1.44. The van der Waals surface area contributed by atoms with Crippen molar-refractivity contribution in [1.29, 1.82) is 0 Å². The summed E-state index contributed by atoms with van der Waals surface area (Å²) in [4.78, 5) is 10.8. The maximum absolute atomic E-state index is 14.0. The molecule has 2 rings (SSSR count). The summed E-state index contributed by atoms with van der Waals surface area (Å²) >= 11 is 0. The molecule has 0 atom stereocenters. The van der Waals surface area contributed by atoms with Crippen LogP contribution in [0.15, 0.2) is 30.3 Å².